The van der Waals surface area contributed by atoms with E-state index >= 15 is 0 Å². The molecule has 190 valence electrons. The van der Waals surface area contributed by atoms with E-state index in [1.165, 1.54) is 39.0 Å². The van der Waals surface area contributed by atoms with E-state index in [1.807, 2.05) is 0 Å². The molecule has 1 aliphatic rings. The minimum Gasteiger partial charge on any atom is -0.443 e. The number of amidine groups is 1. The largest absolute Gasteiger partial charge is 0.443 e. The Bertz CT molecular complexity index is 1110. The van der Waals surface area contributed by atoms with Crippen LogP contribution in [0.2, 0.25) is 0 Å². The maximum atomic E-state index is 14.9. The highest BCUT2D eigenvalue weighted by Gasteiger charge is 2.55. The number of nitrogens with zero attached hydrogens (tertiary/aromatic N) is 2. The highest BCUT2D eigenvalue weighted by Crippen LogP contribution is 2.40. The summed E-state index contributed by atoms with van der Waals surface area (Å²) in [5, 5.41) is 0. The van der Waals surface area contributed by atoms with Crippen LogP contribution in [0.3, 0.4) is 0 Å². The van der Waals surface area contributed by atoms with Gasteiger partial charge in [0.15, 0.2) is 9.84 Å². The van der Waals surface area contributed by atoms with Gasteiger partial charge in [-0.05, 0) is 80.5 Å². The third-order valence-corrected chi connectivity index (χ3v) is 8.19. The van der Waals surface area contributed by atoms with E-state index in [4.69, 9.17) is 9.47 Å². The zero-order chi connectivity index (χ0) is 26.5. The van der Waals surface area contributed by atoms with Gasteiger partial charge in [0.1, 0.15) is 33.1 Å². The number of hydrogen-bond acceptors (Lipinski definition) is 7. The fourth-order valence-electron chi connectivity index (χ4n) is 3.32. The minimum absolute atomic E-state index is 0.00761. The SMILES string of the molecule is CC(C)(C)OC(=O)N(C(=O)OC(C)(C)C)C1=N[C@](C)(c2cc(Br)ccc2F)CS(=O)(=O)C1(C)C. The van der Waals surface area contributed by atoms with Crippen molar-refractivity contribution in [3.63, 3.8) is 0 Å². The molecule has 1 heterocycles. The van der Waals surface area contributed by atoms with Gasteiger partial charge in [-0.15, -0.1) is 0 Å². The molecule has 0 saturated carbocycles. The molecule has 0 N–H and O–H groups in total. The average molecular weight is 563 g/mol. The van der Waals surface area contributed by atoms with Gasteiger partial charge < -0.3 is 9.47 Å². The molecule has 1 atom stereocenters. The summed E-state index contributed by atoms with van der Waals surface area (Å²) in [4.78, 5) is 31.4. The van der Waals surface area contributed by atoms with Gasteiger partial charge >= 0.3 is 12.2 Å². The normalized spacial score (nSPS) is 21.9. The number of ether oxygens (including phenoxy) is 2. The Labute approximate surface area is 208 Å². The Hall–Kier alpha value is -2.01. The summed E-state index contributed by atoms with van der Waals surface area (Å²) in [5.74, 6) is -1.63. The van der Waals surface area contributed by atoms with Gasteiger partial charge in [-0.3, -0.25) is 4.99 Å². The van der Waals surface area contributed by atoms with Gasteiger partial charge in [-0.25, -0.2) is 22.4 Å². The Kier molecular flexibility index (Phi) is 7.38. The first-order valence-corrected chi connectivity index (χ1v) is 13.1. The zero-order valence-electron chi connectivity index (χ0n) is 20.9. The van der Waals surface area contributed by atoms with Crippen molar-refractivity contribution in [2.45, 2.75) is 83.8 Å². The zero-order valence-corrected chi connectivity index (χ0v) is 23.3. The Balaban J connectivity index is 2.84. The second-order valence-electron chi connectivity index (χ2n) is 10.9. The summed E-state index contributed by atoms with van der Waals surface area (Å²) in [6, 6.07) is 4.09. The predicted octanol–water partition coefficient (Wildman–Crippen LogP) is 5.58. The van der Waals surface area contributed by atoms with Crippen LogP contribution in [0.25, 0.3) is 0 Å². The molecular weight excluding hydrogens is 531 g/mol. The summed E-state index contributed by atoms with van der Waals surface area (Å²) in [6.45, 7) is 13.7. The molecule has 2 rings (SSSR count). The van der Waals surface area contributed by atoms with Crippen LogP contribution in [0.15, 0.2) is 27.7 Å². The molecule has 0 bridgehead atoms. The standard InChI is InChI=1S/C23H32BrFN2O6S/c1-20(2,3)32-18(28)27(19(29)33-21(4,5)6)17-22(7,8)34(30,31)13-23(9,26-17)15-12-14(24)10-11-16(15)25/h10-12H,13H2,1-9H3/t23-/m0/s1. The Morgan fingerprint density at radius 1 is 1.03 bits per heavy atom. The number of sulfone groups is 1. The van der Waals surface area contributed by atoms with E-state index in [2.05, 4.69) is 20.9 Å². The number of carbonyl (C=O) groups excluding carboxylic acids is 2. The number of carbonyl (C=O) groups is 2. The van der Waals surface area contributed by atoms with Crippen LogP contribution in [0.1, 0.15) is 67.9 Å². The maximum Gasteiger partial charge on any atom is 0.425 e. The first kappa shape index (κ1) is 28.2. The summed E-state index contributed by atoms with van der Waals surface area (Å²) in [6.07, 6.45) is -2.30. The van der Waals surface area contributed by atoms with Crippen LogP contribution in [0.4, 0.5) is 14.0 Å². The van der Waals surface area contributed by atoms with Gasteiger partial charge in [0.25, 0.3) is 0 Å². The van der Waals surface area contributed by atoms with Gasteiger partial charge in [-0.2, -0.15) is 4.90 Å². The lowest BCUT2D eigenvalue weighted by Gasteiger charge is -2.42. The summed E-state index contributed by atoms with van der Waals surface area (Å²) < 4.78 is 51.3. The number of benzene rings is 1. The van der Waals surface area contributed by atoms with E-state index < -0.39 is 60.9 Å². The first-order chi connectivity index (χ1) is 15.1. The minimum atomic E-state index is -4.06. The number of aliphatic imine (C=N–C) groups is 1. The molecule has 0 radical (unpaired) electrons. The van der Waals surface area contributed by atoms with E-state index in [9.17, 15) is 22.4 Å². The lowest BCUT2D eigenvalue weighted by molar-refractivity contribution is 0.0139. The highest BCUT2D eigenvalue weighted by molar-refractivity contribution is 9.10. The predicted molar refractivity (Wildman–Crippen MR) is 131 cm³/mol. The van der Waals surface area contributed by atoms with Crippen molar-refractivity contribution in [2.75, 3.05) is 5.75 Å². The number of imide groups is 1. The van der Waals surface area contributed by atoms with Crippen molar-refractivity contribution in [1.82, 2.24) is 4.90 Å². The van der Waals surface area contributed by atoms with Gasteiger partial charge in [-0.1, -0.05) is 15.9 Å². The van der Waals surface area contributed by atoms with Crippen molar-refractivity contribution in [3.8, 4) is 0 Å². The average Bonchev–Trinajstić information content (AvgIpc) is 2.58. The molecule has 1 aromatic carbocycles. The van der Waals surface area contributed by atoms with Crippen LogP contribution >= 0.6 is 15.9 Å². The Morgan fingerprint density at radius 3 is 1.94 bits per heavy atom. The van der Waals surface area contributed by atoms with Crippen molar-refractivity contribution in [3.05, 3.63) is 34.1 Å². The second-order valence-corrected chi connectivity index (χ2v) is 14.4. The van der Waals surface area contributed by atoms with Crippen molar-refractivity contribution >= 4 is 43.8 Å². The molecule has 11 heteroatoms. The monoisotopic (exact) mass is 562 g/mol. The topological polar surface area (TPSA) is 102 Å². The molecule has 1 aromatic rings. The van der Waals surface area contributed by atoms with Crippen molar-refractivity contribution in [2.24, 2.45) is 4.99 Å². The van der Waals surface area contributed by atoms with Crippen molar-refractivity contribution < 1.29 is 31.9 Å². The molecule has 0 aliphatic carbocycles. The van der Waals surface area contributed by atoms with Crippen LogP contribution in [0.5, 0.6) is 0 Å². The molecule has 0 saturated heterocycles. The number of rotatable bonds is 1. The molecule has 2 amide bonds. The third-order valence-electron chi connectivity index (χ3n) is 5.01. The quantitative estimate of drug-likeness (QED) is 0.442. The highest BCUT2D eigenvalue weighted by atomic mass is 79.9. The number of halogens is 2. The van der Waals surface area contributed by atoms with Crippen LogP contribution in [-0.2, 0) is 24.8 Å². The molecule has 0 fully saturated rings. The van der Waals surface area contributed by atoms with Gasteiger partial charge in [0, 0.05) is 10.0 Å². The lowest BCUT2D eigenvalue weighted by atomic mass is 9.93. The first-order valence-electron chi connectivity index (χ1n) is 10.6. The van der Waals surface area contributed by atoms with E-state index in [0.717, 1.165) is 0 Å². The molecule has 0 spiro atoms. The van der Waals surface area contributed by atoms with E-state index in [1.54, 1.807) is 41.5 Å². The number of amides is 2. The summed E-state index contributed by atoms with van der Waals surface area (Å²) in [5.41, 5.74) is -3.66. The van der Waals surface area contributed by atoms with Gasteiger partial charge in [0.05, 0.1) is 5.75 Å². The molecule has 34 heavy (non-hydrogen) atoms. The third kappa shape index (κ3) is 5.97. The molecule has 8 nitrogen and oxygen atoms in total. The van der Waals surface area contributed by atoms with Crippen molar-refractivity contribution in [1.29, 1.82) is 0 Å². The maximum absolute atomic E-state index is 14.9. The molecule has 0 aromatic heterocycles. The fraction of sp³-hybridized carbons (Fsp3) is 0.609. The number of hydrogen-bond donors (Lipinski definition) is 0. The van der Waals surface area contributed by atoms with E-state index in [-0.39, 0.29) is 5.56 Å². The Morgan fingerprint density at radius 2 is 1.50 bits per heavy atom. The molecular formula is C23H32BrFN2O6S. The van der Waals surface area contributed by atoms with Crippen LogP contribution in [-0.4, -0.2) is 53.0 Å². The fourth-order valence-corrected chi connectivity index (χ4v) is 5.42. The van der Waals surface area contributed by atoms with Crippen LogP contribution in [0, 0.1) is 5.82 Å². The second kappa shape index (κ2) is 8.89. The lowest BCUT2D eigenvalue weighted by Crippen LogP contribution is -2.61. The van der Waals surface area contributed by atoms with Crippen LogP contribution < -0.4 is 0 Å². The summed E-state index contributed by atoms with van der Waals surface area (Å²) in [7, 11) is -4.06. The van der Waals surface area contributed by atoms with Gasteiger partial charge in [0.2, 0.25) is 0 Å². The molecule has 1 aliphatic heterocycles. The smallest absolute Gasteiger partial charge is 0.425 e. The summed E-state index contributed by atoms with van der Waals surface area (Å²) >= 11 is 3.27. The molecule has 0 unspecified atom stereocenters. The van der Waals surface area contributed by atoms with E-state index in [0.29, 0.717) is 9.37 Å².